The Morgan fingerprint density at radius 1 is 0.459 bits per heavy atom. The summed E-state index contributed by atoms with van der Waals surface area (Å²) in [6.07, 6.45) is 7.89. The second kappa shape index (κ2) is 28.5. The Morgan fingerprint density at radius 2 is 0.622 bits per heavy atom. The molecular weight excluding hydrogens is 618 g/mol. The van der Waals surface area contributed by atoms with Crippen molar-refractivity contribution in [3.63, 3.8) is 0 Å². The maximum atomic E-state index is 7.75. The molecule has 0 aliphatic carbocycles. The van der Waals surface area contributed by atoms with Gasteiger partial charge in [-0.15, -0.1) is 0 Å². The van der Waals surface area contributed by atoms with Crippen molar-refractivity contribution in [1.29, 1.82) is 0 Å². The Morgan fingerprint density at radius 3 is 0.757 bits per heavy atom. The van der Waals surface area contributed by atoms with E-state index in [9.17, 15) is 0 Å². The van der Waals surface area contributed by atoms with Gasteiger partial charge in [-0.3, -0.25) is 6.79 Å². The maximum absolute atomic E-state index is 7.75. The van der Waals surface area contributed by atoms with Crippen LogP contribution < -0.4 is 15.9 Å². The molecule has 206 valence electrons. The molecule has 0 amide bonds. The van der Waals surface area contributed by atoms with Gasteiger partial charge in [0.15, 0.2) is 0 Å². The van der Waals surface area contributed by atoms with E-state index in [2.05, 4.69) is 149 Å². The van der Waals surface area contributed by atoms with Crippen molar-refractivity contribution in [3.8, 4) is 0 Å². The molecule has 0 atom stereocenters. The molecule has 3 aromatic carbocycles. The summed E-state index contributed by atoms with van der Waals surface area (Å²) in [5, 5.41) is 4.65. The summed E-state index contributed by atoms with van der Waals surface area (Å²) in [7, 11) is 5.01. The molecule has 0 radical (unpaired) electrons. The summed E-state index contributed by atoms with van der Waals surface area (Å²) in [4.78, 5) is 7.75. The van der Waals surface area contributed by atoms with E-state index in [0.717, 1.165) is 0 Å². The Hall–Kier alpha value is -0.467. The van der Waals surface area contributed by atoms with Crippen LogP contribution in [0.2, 0.25) is 0 Å². The zero-order valence-electron chi connectivity index (χ0n) is 23.5. The van der Waals surface area contributed by atoms with Gasteiger partial charge in [-0.2, -0.15) is 0 Å². The third kappa shape index (κ3) is 17.7. The third-order valence-electron chi connectivity index (χ3n) is 5.65. The number of rotatable bonds is 9. The first kappa shape index (κ1) is 38.7. The summed E-state index contributed by atoms with van der Waals surface area (Å²) in [5.41, 5.74) is 0. The van der Waals surface area contributed by atoms with Crippen molar-refractivity contribution in [2.45, 2.75) is 41.5 Å². The molecule has 1 nitrogen and oxygen atoms in total. The van der Waals surface area contributed by atoms with E-state index >= 15 is 0 Å². The molecule has 0 heterocycles. The van der Waals surface area contributed by atoms with Crippen LogP contribution in [-0.2, 0) is 22.1 Å². The third-order valence-corrected chi connectivity index (χ3v) is 13.3. The predicted octanol–water partition coefficient (Wildman–Crippen LogP) is 8.91. The summed E-state index contributed by atoms with van der Waals surface area (Å²) < 4.78 is 0. The first-order chi connectivity index (χ1) is 18.1. The van der Waals surface area contributed by atoms with Crippen LogP contribution in [0.15, 0.2) is 91.0 Å². The van der Waals surface area contributed by atoms with Crippen LogP contribution in [0.4, 0.5) is 0 Å². The van der Waals surface area contributed by atoms with Crippen molar-refractivity contribution in [2.24, 2.45) is 0 Å². The monoisotopic (exact) mass is 664 g/mol. The van der Waals surface area contributed by atoms with Gasteiger partial charge in [-0.05, 0) is 52.9 Å². The van der Waals surface area contributed by atoms with Crippen LogP contribution >= 0.6 is 33.5 Å². The molecule has 0 saturated heterocycles. The van der Waals surface area contributed by atoms with Crippen LogP contribution in [0.1, 0.15) is 41.5 Å². The van der Waals surface area contributed by atoms with E-state index in [-0.39, 0.29) is 23.8 Å². The Labute approximate surface area is 246 Å². The summed E-state index contributed by atoms with van der Waals surface area (Å²) in [5.74, 6) is 0. The second-order valence-electron chi connectivity index (χ2n) is 7.52. The standard InChI is InChI=1S/3C10H15P.CHO.ClH.Ru/c3*1-3-11(4-2)10-8-6-5-7-9-10;1-2;;/h3*5-9H,3-4H2,1-2H3;1H;1H;/q;;;-1;;+2/p-1. The van der Waals surface area contributed by atoms with Gasteiger partial charge in [0.25, 0.3) is 0 Å². The van der Waals surface area contributed by atoms with E-state index < -0.39 is 0 Å². The van der Waals surface area contributed by atoms with Gasteiger partial charge < -0.3 is 4.79 Å². The molecule has 0 aliphatic heterocycles. The van der Waals surface area contributed by atoms with Gasteiger partial charge >= 0.3 is 27.0 Å². The van der Waals surface area contributed by atoms with Crippen LogP contribution in [0.25, 0.3) is 0 Å². The molecule has 6 heteroatoms. The molecule has 0 fully saturated rings. The molecule has 3 rings (SSSR count). The zero-order chi connectivity index (χ0) is 28.3. The van der Waals surface area contributed by atoms with Gasteiger partial charge in [0.05, 0.1) is 0 Å². The minimum atomic E-state index is 0.149. The van der Waals surface area contributed by atoms with Crippen LogP contribution in [-0.4, -0.2) is 43.8 Å². The molecule has 0 unspecified atom stereocenters. The van der Waals surface area contributed by atoms with Crippen LogP contribution in [0.3, 0.4) is 0 Å². The Kier molecular flexibility index (Phi) is 29.8. The van der Waals surface area contributed by atoms with Crippen LogP contribution in [0, 0.1) is 0 Å². The molecule has 3 aromatic rings. The predicted molar refractivity (Wildman–Crippen MR) is 175 cm³/mol. The molecule has 0 bridgehead atoms. The number of benzene rings is 3. The molecule has 0 spiro atoms. The summed E-state index contributed by atoms with van der Waals surface area (Å²) in [6.45, 7) is 16.9. The number of carbonyl (C=O) groups excluding carboxylic acids is 1. The Bertz CT molecular complexity index is 716. The van der Waals surface area contributed by atoms with Crippen molar-refractivity contribution >= 4 is 56.2 Å². The van der Waals surface area contributed by atoms with Crippen molar-refractivity contribution in [2.75, 3.05) is 37.0 Å². The SMILES string of the molecule is CCP(CC)c1ccccc1.CCP(CC)c1ccccc1.CCP(CC)c1ccccc1.[CH-]=O.[Cl][Ru+]. The molecule has 37 heavy (non-hydrogen) atoms. The van der Waals surface area contributed by atoms with E-state index in [1.54, 1.807) is 15.9 Å². The average molecular weight is 664 g/mol. The second-order valence-corrected chi connectivity index (χ2v) is 16.1. The van der Waals surface area contributed by atoms with E-state index in [0.29, 0.717) is 0 Å². The number of hydrogen-bond donors (Lipinski definition) is 0. The van der Waals surface area contributed by atoms with Gasteiger partial charge in [-0.25, -0.2) is 0 Å². The van der Waals surface area contributed by atoms with Crippen molar-refractivity contribution in [1.82, 2.24) is 0 Å². The van der Waals surface area contributed by atoms with E-state index in [1.807, 2.05) is 17.3 Å². The first-order valence-electron chi connectivity index (χ1n) is 12.9. The van der Waals surface area contributed by atoms with Gasteiger partial charge in [0, 0.05) is 0 Å². The molecule has 0 saturated carbocycles. The van der Waals surface area contributed by atoms with Gasteiger partial charge in [0.2, 0.25) is 0 Å². The molecular formula is C31H46ClOP3Ru. The average Bonchev–Trinajstić information content (AvgIpc) is 3.00. The van der Waals surface area contributed by atoms with Gasteiger partial charge in [0.1, 0.15) is 0 Å². The number of hydrogen-bond acceptors (Lipinski definition) is 1. The fourth-order valence-electron chi connectivity index (χ4n) is 3.68. The fourth-order valence-corrected chi connectivity index (χ4v) is 9.00. The van der Waals surface area contributed by atoms with Crippen molar-refractivity contribution < 1.29 is 22.1 Å². The van der Waals surface area contributed by atoms with E-state index in [4.69, 9.17) is 4.79 Å². The fraction of sp³-hybridized carbons (Fsp3) is 0.387. The first-order valence-corrected chi connectivity index (χ1v) is 20.3. The quantitative estimate of drug-likeness (QED) is 0.0967. The zero-order valence-corrected chi connectivity index (χ0v) is 28.6. The number of halogens is 1. The molecule has 0 aliphatic rings. The molecule has 0 N–H and O–H groups in total. The van der Waals surface area contributed by atoms with E-state index in [1.165, 1.54) is 37.0 Å². The van der Waals surface area contributed by atoms with Gasteiger partial charge in [-0.1, -0.05) is 156 Å². The summed E-state index contributed by atoms with van der Waals surface area (Å²) >= 11 is 1.82. The minimum absolute atomic E-state index is 0.149. The normalized spacial score (nSPS) is 9.59. The molecule has 0 aromatic heterocycles. The summed E-state index contributed by atoms with van der Waals surface area (Å²) in [6, 6.07) is 32.6. The van der Waals surface area contributed by atoms with Crippen LogP contribution in [0.5, 0.6) is 0 Å². The van der Waals surface area contributed by atoms with Crippen molar-refractivity contribution in [3.05, 3.63) is 91.0 Å². The Balaban J connectivity index is 0. The topological polar surface area (TPSA) is 17.1 Å².